The molecule has 0 saturated carbocycles. The number of hydrogen-bond acceptors (Lipinski definition) is 3. The first-order chi connectivity index (χ1) is 10.2. The molecular formula is C18H20O3. The van der Waals surface area contributed by atoms with Gasteiger partial charge in [-0.05, 0) is 42.3 Å². The van der Waals surface area contributed by atoms with E-state index in [0.29, 0.717) is 23.8 Å². The molecule has 0 radical (unpaired) electrons. The van der Waals surface area contributed by atoms with Gasteiger partial charge in [0.15, 0.2) is 0 Å². The topological polar surface area (TPSA) is 35.5 Å². The Bertz CT molecular complexity index is 561. The molecule has 0 heterocycles. The number of carbonyl (C=O) groups is 1. The third-order valence-electron chi connectivity index (χ3n) is 3.28. The van der Waals surface area contributed by atoms with E-state index in [1.807, 2.05) is 30.3 Å². The lowest BCUT2D eigenvalue weighted by atomic mass is 10.1. The number of benzene rings is 2. The van der Waals surface area contributed by atoms with Crippen LogP contribution in [0.25, 0.3) is 0 Å². The predicted octanol–water partition coefficient (Wildman–Crippen LogP) is 4.33. The monoisotopic (exact) mass is 284 g/mol. The van der Waals surface area contributed by atoms with Crippen molar-refractivity contribution < 1.29 is 14.3 Å². The highest BCUT2D eigenvalue weighted by Crippen LogP contribution is 2.19. The van der Waals surface area contributed by atoms with E-state index in [9.17, 15) is 4.79 Å². The van der Waals surface area contributed by atoms with Crippen molar-refractivity contribution in [3.8, 4) is 11.5 Å². The van der Waals surface area contributed by atoms with Crippen molar-refractivity contribution in [2.24, 2.45) is 5.92 Å². The van der Waals surface area contributed by atoms with Gasteiger partial charge >= 0.3 is 5.97 Å². The second-order valence-electron chi connectivity index (χ2n) is 5.05. The van der Waals surface area contributed by atoms with Crippen molar-refractivity contribution in [3.63, 3.8) is 0 Å². The van der Waals surface area contributed by atoms with Crippen LogP contribution in [-0.4, -0.2) is 12.6 Å². The molecule has 2 aromatic rings. The second-order valence-corrected chi connectivity index (χ2v) is 5.05. The number of rotatable bonds is 6. The molecule has 0 bridgehead atoms. The van der Waals surface area contributed by atoms with Crippen molar-refractivity contribution in [2.45, 2.75) is 20.3 Å². The minimum Gasteiger partial charge on any atom is -0.493 e. The van der Waals surface area contributed by atoms with Gasteiger partial charge in [0, 0.05) is 0 Å². The molecule has 21 heavy (non-hydrogen) atoms. The molecule has 0 aliphatic rings. The Labute approximate surface area is 125 Å². The van der Waals surface area contributed by atoms with E-state index in [4.69, 9.17) is 9.47 Å². The molecule has 0 saturated heterocycles. The molecule has 110 valence electrons. The van der Waals surface area contributed by atoms with Gasteiger partial charge in [-0.15, -0.1) is 0 Å². The summed E-state index contributed by atoms with van der Waals surface area (Å²) in [7, 11) is 0. The zero-order valence-corrected chi connectivity index (χ0v) is 12.4. The Balaban J connectivity index is 1.92. The molecule has 0 amide bonds. The first-order valence-corrected chi connectivity index (χ1v) is 7.19. The maximum Gasteiger partial charge on any atom is 0.343 e. The third-order valence-corrected chi connectivity index (χ3v) is 3.28. The summed E-state index contributed by atoms with van der Waals surface area (Å²) in [6, 6.07) is 16.1. The SMILES string of the molecule is CC[C@H](C)COc1ccc(OC(=O)c2ccccc2)cc1. The Morgan fingerprint density at radius 3 is 2.24 bits per heavy atom. The third kappa shape index (κ3) is 4.63. The molecule has 2 aromatic carbocycles. The summed E-state index contributed by atoms with van der Waals surface area (Å²) >= 11 is 0. The quantitative estimate of drug-likeness (QED) is 0.585. The van der Waals surface area contributed by atoms with Gasteiger partial charge in [-0.1, -0.05) is 38.5 Å². The average Bonchev–Trinajstić information content (AvgIpc) is 2.54. The molecule has 3 nitrogen and oxygen atoms in total. The maximum atomic E-state index is 11.9. The summed E-state index contributed by atoms with van der Waals surface area (Å²) < 4.78 is 11.0. The fraction of sp³-hybridized carbons (Fsp3) is 0.278. The Morgan fingerprint density at radius 1 is 1.00 bits per heavy atom. The Morgan fingerprint density at radius 2 is 1.62 bits per heavy atom. The highest BCUT2D eigenvalue weighted by molar-refractivity contribution is 5.90. The zero-order valence-electron chi connectivity index (χ0n) is 12.4. The van der Waals surface area contributed by atoms with E-state index in [-0.39, 0.29) is 5.97 Å². The van der Waals surface area contributed by atoms with E-state index >= 15 is 0 Å². The van der Waals surface area contributed by atoms with E-state index in [0.717, 1.165) is 12.2 Å². The van der Waals surface area contributed by atoms with Crippen LogP contribution in [0.1, 0.15) is 30.6 Å². The fourth-order valence-corrected chi connectivity index (χ4v) is 1.70. The molecule has 0 aromatic heterocycles. The van der Waals surface area contributed by atoms with Gasteiger partial charge < -0.3 is 9.47 Å². The summed E-state index contributed by atoms with van der Waals surface area (Å²) in [6.45, 7) is 4.98. The lowest BCUT2D eigenvalue weighted by Crippen LogP contribution is -2.08. The van der Waals surface area contributed by atoms with Crippen molar-refractivity contribution >= 4 is 5.97 Å². The molecule has 3 heteroatoms. The van der Waals surface area contributed by atoms with Gasteiger partial charge in [-0.3, -0.25) is 0 Å². The van der Waals surface area contributed by atoms with Crippen molar-refractivity contribution in [1.82, 2.24) is 0 Å². The summed E-state index contributed by atoms with van der Waals surface area (Å²) in [4.78, 5) is 11.9. The molecule has 0 spiro atoms. The molecule has 0 aliphatic heterocycles. The predicted molar refractivity (Wildman–Crippen MR) is 82.8 cm³/mol. The van der Waals surface area contributed by atoms with Gasteiger partial charge in [-0.25, -0.2) is 4.79 Å². The van der Waals surface area contributed by atoms with Crippen LogP contribution in [0.2, 0.25) is 0 Å². The molecular weight excluding hydrogens is 264 g/mol. The number of ether oxygens (including phenoxy) is 2. The van der Waals surface area contributed by atoms with Gasteiger partial charge in [0.1, 0.15) is 11.5 Å². The van der Waals surface area contributed by atoms with Gasteiger partial charge in [0.25, 0.3) is 0 Å². The maximum absolute atomic E-state index is 11.9. The lowest BCUT2D eigenvalue weighted by Gasteiger charge is -2.11. The summed E-state index contributed by atoms with van der Waals surface area (Å²) in [6.07, 6.45) is 1.09. The van der Waals surface area contributed by atoms with Crippen LogP contribution in [0, 0.1) is 5.92 Å². The van der Waals surface area contributed by atoms with Crippen LogP contribution in [0.5, 0.6) is 11.5 Å². The molecule has 0 N–H and O–H groups in total. The van der Waals surface area contributed by atoms with Crippen molar-refractivity contribution in [2.75, 3.05) is 6.61 Å². The van der Waals surface area contributed by atoms with E-state index in [2.05, 4.69) is 13.8 Å². The first kappa shape index (κ1) is 15.1. The van der Waals surface area contributed by atoms with Crippen LogP contribution in [0.15, 0.2) is 54.6 Å². The van der Waals surface area contributed by atoms with Gasteiger partial charge in [0.2, 0.25) is 0 Å². The van der Waals surface area contributed by atoms with E-state index in [1.165, 1.54) is 0 Å². The highest BCUT2D eigenvalue weighted by atomic mass is 16.5. The fourth-order valence-electron chi connectivity index (χ4n) is 1.70. The van der Waals surface area contributed by atoms with Crippen molar-refractivity contribution in [1.29, 1.82) is 0 Å². The second kappa shape index (κ2) is 7.48. The first-order valence-electron chi connectivity index (χ1n) is 7.19. The van der Waals surface area contributed by atoms with Crippen molar-refractivity contribution in [3.05, 3.63) is 60.2 Å². The zero-order chi connectivity index (χ0) is 15.1. The minimum atomic E-state index is -0.358. The van der Waals surface area contributed by atoms with Gasteiger partial charge in [-0.2, -0.15) is 0 Å². The molecule has 0 fully saturated rings. The Hall–Kier alpha value is -2.29. The number of esters is 1. The van der Waals surface area contributed by atoms with E-state index < -0.39 is 0 Å². The van der Waals surface area contributed by atoms with Crippen LogP contribution in [0.4, 0.5) is 0 Å². The highest BCUT2D eigenvalue weighted by Gasteiger charge is 2.07. The molecule has 1 atom stereocenters. The molecule has 0 unspecified atom stereocenters. The lowest BCUT2D eigenvalue weighted by molar-refractivity contribution is 0.0734. The summed E-state index contributed by atoms with van der Waals surface area (Å²) in [5, 5.41) is 0. The van der Waals surface area contributed by atoms with Crippen LogP contribution in [0.3, 0.4) is 0 Å². The van der Waals surface area contributed by atoms with Gasteiger partial charge in [0.05, 0.1) is 12.2 Å². The minimum absolute atomic E-state index is 0.358. The van der Waals surface area contributed by atoms with Crippen LogP contribution in [-0.2, 0) is 0 Å². The molecule has 2 rings (SSSR count). The number of hydrogen-bond donors (Lipinski definition) is 0. The smallest absolute Gasteiger partial charge is 0.343 e. The normalized spacial score (nSPS) is 11.7. The standard InChI is InChI=1S/C18H20O3/c1-3-14(2)13-20-16-9-11-17(12-10-16)21-18(19)15-7-5-4-6-8-15/h4-12,14H,3,13H2,1-2H3/t14-/m0/s1. The van der Waals surface area contributed by atoms with E-state index in [1.54, 1.807) is 24.3 Å². The largest absolute Gasteiger partial charge is 0.493 e. The Kier molecular flexibility index (Phi) is 5.38. The summed E-state index contributed by atoms with van der Waals surface area (Å²) in [5.41, 5.74) is 0.537. The summed E-state index contributed by atoms with van der Waals surface area (Å²) in [5.74, 6) is 1.47. The number of carbonyl (C=O) groups excluding carboxylic acids is 1. The average molecular weight is 284 g/mol. The van der Waals surface area contributed by atoms with Crippen LogP contribution < -0.4 is 9.47 Å². The molecule has 0 aliphatic carbocycles. The van der Waals surface area contributed by atoms with Crippen LogP contribution >= 0.6 is 0 Å².